The van der Waals surface area contributed by atoms with Crippen LogP contribution in [0.25, 0.3) is 5.82 Å². The van der Waals surface area contributed by atoms with Crippen molar-refractivity contribution < 1.29 is 0 Å². The van der Waals surface area contributed by atoms with E-state index in [1.54, 1.807) is 10.9 Å². The Hall–Kier alpha value is -3.23. The van der Waals surface area contributed by atoms with E-state index in [0.717, 1.165) is 35.5 Å². The summed E-state index contributed by atoms with van der Waals surface area (Å²) in [4.78, 5) is 17.5. The molecule has 0 aliphatic heterocycles. The number of nitrogens with zero attached hydrogens (tertiary/aromatic N) is 7. The molecule has 0 saturated carbocycles. The Morgan fingerprint density at radius 1 is 1.19 bits per heavy atom. The second-order valence-electron chi connectivity index (χ2n) is 5.72. The summed E-state index contributed by atoms with van der Waals surface area (Å²) >= 11 is 0. The zero-order valence-electron chi connectivity index (χ0n) is 15.2. The van der Waals surface area contributed by atoms with Gasteiger partial charge in [0.2, 0.25) is 0 Å². The number of hydrogen-bond acceptors (Lipinski definition) is 5. The first-order chi connectivity index (χ1) is 12.7. The molecule has 0 aliphatic carbocycles. The van der Waals surface area contributed by atoms with Crippen molar-refractivity contribution in [2.75, 3.05) is 6.54 Å². The molecular weight excluding hydrogens is 330 g/mol. The summed E-state index contributed by atoms with van der Waals surface area (Å²) in [6, 6.07) is 4.00. The molecule has 9 nitrogen and oxygen atoms in total. The van der Waals surface area contributed by atoms with Gasteiger partial charge in [0.05, 0.1) is 13.1 Å². The molecule has 2 N–H and O–H groups in total. The van der Waals surface area contributed by atoms with Crippen LogP contribution in [0.3, 0.4) is 0 Å². The summed E-state index contributed by atoms with van der Waals surface area (Å²) in [5, 5.41) is 10.5. The highest BCUT2D eigenvalue weighted by molar-refractivity contribution is 5.79. The lowest BCUT2D eigenvalue weighted by Gasteiger charge is -2.11. The van der Waals surface area contributed by atoms with E-state index in [1.165, 1.54) is 6.33 Å². The molecule has 0 fully saturated rings. The number of aromatic nitrogens is 6. The number of aliphatic imine (C=N–C) groups is 1. The van der Waals surface area contributed by atoms with E-state index in [2.05, 4.69) is 35.7 Å². The predicted octanol–water partition coefficient (Wildman–Crippen LogP) is 0.960. The summed E-state index contributed by atoms with van der Waals surface area (Å²) in [7, 11) is 1.86. The molecule has 0 bridgehead atoms. The summed E-state index contributed by atoms with van der Waals surface area (Å²) in [6.07, 6.45) is 7.04. The van der Waals surface area contributed by atoms with Crippen LogP contribution in [-0.4, -0.2) is 41.8 Å². The number of hydrogen-bond donors (Lipinski definition) is 2. The third kappa shape index (κ3) is 4.24. The van der Waals surface area contributed by atoms with Crippen molar-refractivity contribution >= 4 is 5.96 Å². The first-order valence-electron chi connectivity index (χ1n) is 8.47. The van der Waals surface area contributed by atoms with Crippen molar-refractivity contribution in [1.82, 2.24) is 39.9 Å². The topological polar surface area (TPSA) is 97.8 Å². The van der Waals surface area contributed by atoms with Crippen molar-refractivity contribution in [1.29, 1.82) is 0 Å². The normalized spacial score (nSPS) is 11.6. The minimum atomic E-state index is 0.532. The van der Waals surface area contributed by atoms with E-state index in [-0.39, 0.29) is 0 Å². The molecule has 0 aromatic carbocycles. The Bertz CT molecular complexity index is 861. The van der Waals surface area contributed by atoms with Crippen LogP contribution in [0.5, 0.6) is 0 Å². The van der Waals surface area contributed by atoms with E-state index in [1.807, 2.05) is 50.0 Å². The third-order valence-corrected chi connectivity index (χ3v) is 3.86. The van der Waals surface area contributed by atoms with Crippen LogP contribution in [0.2, 0.25) is 0 Å². The molecule has 9 heteroatoms. The van der Waals surface area contributed by atoms with Crippen LogP contribution in [0.1, 0.15) is 24.1 Å². The molecule has 0 spiro atoms. The first-order valence-corrected chi connectivity index (χ1v) is 8.47. The highest BCUT2D eigenvalue weighted by Crippen LogP contribution is 2.09. The Balaban J connectivity index is 1.63. The largest absolute Gasteiger partial charge is 0.357 e. The summed E-state index contributed by atoms with van der Waals surface area (Å²) in [6.45, 7) is 5.85. The Morgan fingerprint density at radius 2 is 2.08 bits per heavy atom. The van der Waals surface area contributed by atoms with Gasteiger partial charge in [0, 0.05) is 32.2 Å². The van der Waals surface area contributed by atoms with Gasteiger partial charge in [-0.2, -0.15) is 5.10 Å². The molecule has 0 amide bonds. The Labute approximate surface area is 152 Å². The zero-order valence-corrected chi connectivity index (χ0v) is 15.2. The maximum absolute atomic E-state index is 4.60. The number of aryl methyl sites for hydroxylation is 2. The fraction of sp³-hybridized carbons (Fsp3) is 0.353. The highest BCUT2D eigenvalue weighted by atomic mass is 15.3. The van der Waals surface area contributed by atoms with Crippen LogP contribution >= 0.6 is 0 Å². The number of imidazole rings is 1. The van der Waals surface area contributed by atoms with Crippen LogP contribution in [0, 0.1) is 6.92 Å². The molecule has 3 rings (SSSR count). The summed E-state index contributed by atoms with van der Waals surface area (Å²) in [5.74, 6) is 3.33. The van der Waals surface area contributed by atoms with Crippen LogP contribution in [0.15, 0.2) is 42.0 Å². The second kappa shape index (κ2) is 8.24. The Morgan fingerprint density at radius 3 is 2.69 bits per heavy atom. The minimum Gasteiger partial charge on any atom is -0.357 e. The maximum atomic E-state index is 4.60. The predicted molar refractivity (Wildman–Crippen MR) is 98.8 cm³/mol. The van der Waals surface area contributed by atoms with Gasteiger partial charge in [-0.15, -0.1) is 0 Å². The lowest BCUT2D eigenvalue weighted by Crippen LogP contribution is -2.37. The van der Waals surface area contributed by atoms with Gasteiger partial charge in [-0.3, -0.25) is 9.25 Å². The lowest BCUT2D eigenvalue weighted by atomic mass is 10.3. The van der Waals surface area contributed by atoms with Gasteiger partial charge in [0.15, 0.2) is 5.96 Å². The third-order valence-electron chi connectivity index (χ3n) is 3.86. The molecular formula is C17H23N9. The first kappa shape index (κ1) is 17.6. The molecule has 136 valence electrons. The van der Waals surface area contributed by atoms with Gasteiger partial charge in [0.25, 0.3) is 0 Å². The smallest absolute Gasteiger partial charge is 0.191 e. The van der Waals surface area contributed by atoms with Crippen molar-refractivity contribution in [2.45, 2.75) is 26.9 Å². The van der Waals surface area contributed by atoms with Gasteiger partial charge in [-0.1, -0.05) is 6.07 Å². The lowest BCUT2D eigenvalue weighted by molar-refractivity contribution is 0.673. The fourth-order valence-corrected chi connectivity index (χ4v) is 2.43. The van der Waals surface area contributed by atoms with Gasteiger partial charge in [0.1, 0.15) is 23.8 Å². The monoisotopic (exact) mass is 353 g/mol. The van der Waals surface area contributed by atoms with Crippen molar-refractivity contribution in [3.05, 3.63) is 54.3 Å². The molecule has 0 saturated heterocycles. The summed E-state index contributed by atoms with van der Waals surface area (Å²) < 4.78 is 3.68. The molecule has 0 atom stereocenters. The van der Waals surface area contributed by atoms with E-state index in [9.17, 15) is 0 Å². The molecule has 3 aromatic heterocycles. The number of rotatable bonds is 6. The Kier molecular flexibility index (Phi) is 5.57. The van der Waals surface area contributed by atoms with Crippen molar-refractivity contribution in [2.24, 2.45) is 12.0 Å². The van der Waals surface area contributed by atoms with Gasteiger partial charge in [-0.25, -0.2) is 19.9 Å². The standard InChI is InChI=1S/C17H23N9/c1-4-18-17(22-11-16-23-12-24-25(16)3)21-10-14-5-6-15(20-9-14)26-8-7-19-13(26)2/h5-9,12H,4,10-11H2,1-3H3,(H2,18,21,22). The number of pyridine rings is 1. The van der Waals surface area contributed by atoms with Gasteiger partial charge < -0.3 is 10.6 Å². The quantitative estimate of drug-likeness (QED) is 0.506. The molecule has 3 aromatic rings. The average Bonchev–Trinajstić information content (AvgIpc) is 3.26. The van der Waals surface area contributed by atoms with Crippen LogP contribution in [-0.2, 0) is 20.1 Å². The molecule has 0 radical (unpaired) electrons. The molecule has 26 heavy (non-hydrogen) atoms. The maximum Gasteiger partial charge on any atom is 0.191 e. The highest BCUT2D eigenvalue weighted by Gasteiger charge is 2.04. The van der Waals surface area contributed by atoms with Crippen LogP contribution < -0.4 is 10.6 Å². The fourth-order valence-electron chi connectivity index (χ4n) is 2.43. The zero-order chi connectivity index (χ0) is 18.4. The van der Waals surface area contributed by atoms with Crippen LogP contribution in [0.4, 0.5) is 0 Å². The van der Waals surface area contributed by atoms with E-state index >= 15 is 0 Å². The molecule has 0 aliphatic rings. The minimum absolute atomic E-state index is 0.532. The van der Waals surface area contributed by atoms with Crippen molar-refractivity contribution in [3.63, 3.8) is 0 Å². The van der Waals surface area contributed by atoms with E-state index in [4.69, 9.17) is 0 Å². The number of nitrogens with one attached hydrogen (secondary N) is 2. The molecule has 3 heterocycles. The van der Waals surface area contributed by atoms with Gasteiger partial charge in [-0.05, 0) is 25.5 Å². The second-order valence-corrected chi connectivity index (χ2v) is 5.72. The van der Waals surface area contributed by atoms with E-state index in [0.29, 0.717) is 13.1 Å². The molecule has 0 unspecified atom stereocenters. The summed E-state index contributed by atoms with van der Waals surface area (Å²) in [5.41, 5.74) is 1.03. The van der Waals surface area contributed by atoms with Gasteiger partial charge >= 0.3 is 0 Å². The number of guanidine groups is 1. The van der Waals surface area contributed by atoms with E-state index < -0.39 is 0 Å². The van der Waals surface area contributed by atoms with Crippen molar-refractivity contribution in [3.8, 4) is 5.82 Å². The average molecular weight is 353 g/mol. The SMILES string of the molecule is CCNC(=NCc1ccc(-n2ccnc2C)nc1)NCc1ncnn1C.